The van der Waals surface area contributed by atoms with E-state index in [0.29, 0.717) is 6.42 Å². The molecule has 1 N–H and O–H groups in total. The minimum absolute atomic E-state index is 0.158. The van der Waals surface area contributed by atoms with Crippen LogP contribution in [0.15, 0.2) is 30.3 Å². The summed E-state index contributed by atoms with van der Waals surface area (Å²) in [5.41, 5.74) is 0.211. The molecule has 7 nitrogen and oxygen atoms in total. The first-order valence-electron chi connectivity index (χ1n) is 8.69. The van der Waals surface area contributed by atoms with Gasteiger partial charge in [0.25, 0.3) is 0 Å². The molecular formula is C19H26N2O5. The van der Waals surface area contributed by atoms with Crippen LogP contribution in [0.3, 0.4) is 0 Å². The maximum atomic E-state index is 12.5. The van der Waals surface area contributed by atoms with Crippen molar-refractivity contribution < 1.29 is 23.9 Å². The largest absolute Gasteiger partial charge is 0.445 e. The Morgan fingerprint density at radius 1 is 1.23 bits per heavy atom. The molecule has 0 spiro atoms. The second-order valence-corrected chi connectivity index (χ2v) is 7.36. The Morgan fingerprint density at radius 3 is 2.50 bits per heavy atom. The van der Waals surface area contributed by atoms with Crippen LogP contribution >= 0.6 is 0 Å². The van der Waals surface area contributed by atoms with Crippen molar-refractivity contribution in [3.8, 4) is 0 Å². The first-order chi connectivity index (χ1) is 12.2. The average molecular weight is 362 g/mol. The number of hydrogen-bond donors (Lipinski definition) is 1. The number of carbonyl (C=O) groups is 3. The lowest BCUT2D eigenvalue weighted by Crippen LogP contribution is -2.55. The number of amides is 3. The molecule has 26 heavy (non-hydrogen) atoms. The number of nitrogens with one attached hydrogen (secondary N) is 1. The standard InChI is InChI=1S/C19H26N2O5/c1-13-15(20-17(23)25-12-14-8-6-5-7-9-14)10-11-21(16(13)22)18(24)26-19(2,3)4/h5-9,13,15H,10-12H2,1-4H3,(H,20,23). The van der Waals surface area contributed by atoms with E-state index < -0.39 is 23.7 Å². The second kappa shape index (κ2) is 8.21. The third kappa shape index (κ3) is 5.47. The molecule has 0 saturated carbocycles. The molecule has 1 saturated heterocycles. The number of rotatable bonds is 3. The third-order valence-electron chi connectivity index (χ3n) is 4.05. The Kier molecular flexibility index (Phi) is 6.23. The van der Waals surface area contributed by atoms with E-state index in [1.807, 2.05) is 30.3 Å². The van der Waals surface area contributed by atoms with Crippen LogP contribution in [-0.2, 0) is 20.9 Å². The molecule has 0 bridgehead atoms. The molecular weight excluding hydrogens is 336 g/mol. The van der Waals surface area contributed by atoms with Crippen LogP contribution in [0.5, 0.6) is 0 Å². The summed E-state index contributed by atoms with van der Waals surface area (Å²) >= 11 is 0. The molecule has 0 aromatic heterocycles. The van der Waals surface area contributed by atoms with Gasteiger partial charge in [-0.3, -0.25) is 4.79 Å². The van der Waals surface area contributed by atoms with E-state index in [9.17, 15) is 14.4 Å². The van der Waals surface area contributed by atoms with Gasteiger partial charge in [0, 0.05) is 12.6 Å². The fraction of sp³-hybridized carbons (Fsp3) is 0.526. The van der Waals surface area contributed by atoms with Crippen LogP contribution in [0, 0.1) is 5.92 Å². The summed E-state index contributed by atoms with van der Waals surface area (Å²) in [4.78, 5) is 37.7. The molecule has 2 unspecified atom stereocenters. The van der Waals surface area contributed by atoms with Gasteiger partial charge in [0.1, 0.15) is 12.2 Å². The van der Waals surface area contributed by atoms with Gasteiger partial charge in [-0.15, -0.1) is 0 Å². The van der Waals surface area contributed by atoms with Crippen LogP contribution in [-0.4, -0.2) is 41.2 Å². The minimum Gasteiger partial charge on any atom is -0.445 e. The molecule has 0 radical (unpaired) electrons. The van der Waals surface area contributed by atoms with Crippen molar-refractivity contribution in [2.75, 3.05) is 6.54 Å². The Morgan fingerprint density at radius 2 is 1.88 bits per heavy atom. The van der Waals surface area contributed by atoms with Gasteiger partial charge >= 0.3 is 12.2 Å². The minimum atomic E-state index is -0.670. The zero-order valence-electron chi connectivity index (χ0n) is 15.7. The first kappa shape index (κ1) is 19.8. The lowest BCUT2D eigenvalue weighted by molar-refractivity contribution is -0.137. The monoisotopic (exact) mass is 362 g/mol. The number of carbonyl (C=O) groups excluding carboxylic acids is 3. The molecule has 0 aliphatic carbocycles. The number of hydrogen-bond acceptors (Lipinski definition) is 5. The summed E-state index contributed by atoms with van der Waals surface area (Å²) in [7, 11) is 0. The summed E-state index contributed by atoms with van der Waals surface area (Å²) < 4.78 is 10.4. The fourth-order valence-corrected chi connectivity index (χ4v) is 2.66. The van der Waals surface area contributed by atoms with E-state index in [1.54, 1.807) is 27.7 Å². The van der Waals surface area contributed by atoms with Crippen molar-refractivity contribution in [2.24, 2.45) is 5.92 Å². The summed E-state index contributed by atoms with van der Waals surface area (Å²) in [6, 6.07) is 8.95. The van der Waals surface area contributed by atoms with Gasteiger partial charge in [0.05, 0.1) is 5.92 Å². The van der Waals surface area contributed by atoms with E-state index in [4.69, 9.17) is 9.47 Å². The predicted molar refractivity (Wildman–Crippen MR) is 95.3 cm³/mol. The topological polar surface area (TPSA) is 84.9 Å². The second-order valence-electron chi connectivity index (χ2n) is 7.36. The number of nitrogens with zero attached hydrogens (tertiary/aromatic N) is 1. The van der Waals surface area contributed by atoms with Crippen LogP contribution in [0.4, 0.5) is 9.59 Å². The molecule has 2 rings (SSSR count). The average Bonchev–Trinajstić information content (AvgIpc) is 2.56. The van der Waals surface area contributed by atoms with Gasteiger partial charge in [0.15, 0.2) is 0 Å². The Labute approximate surface area is 153 Å². The molecule has 1 fully saturated rings. The van der Waals surface area contributed by atoms with E-state index >= 15 is 0 Å². The quantitative estimate of drug-likeness (QED) is 0.893. The van der Waals surface area contributed by atoms with Gasteiger partial charge in [-0.1, -0.05) is 37.3 Å². The number of benzene rings is 1. The number of alkyl carbamates (subject to hydrolysis) is 1. The van der Waals surface area contributed by atoms with Crippen molar-refractivity contribution in [3.63, 3.8) is 0 Å². The lowest BCUT2D eigenvalue weighted by Gasteiger charge is -2.35. The van der Waals surface area contributed by atoms with Gasteiger partial charge in [-0.2, -0.15) is 0 Å². The van der Waals surface area contributed by atoms with Crippen molar-refractivity contribution >= 4 is 18.1 Å². The van der Waals surface area contributed by atoms with Crippen LogP contribution in [0.2, 0.25) is 0 Å². The molecule has 2 atom stereocenters. The Bertz CT molecular complexity index is 654. The van der Waals surface area contributed by atoms with Crippen molar-refractivity contribution in [3.05, 3.63) is 35.9 Å². The van der Waals surface area contributed by atoms with Crippen molar-refractivity contribution in [1.82, 2.24) is 10.2 Å². The van der Waals surface area contributed by atoms with Gasteiger partial charge < -0.3 is 14.8 Å². The van der Waals surface area contributed by atoms with Crippen LogP contribution in [0.25, 0.3) is 0 Å². The van der Waals surface area contributed by atoms with Crippen molar-refractivity contribution in [1.29, 1.82) is 0 Å². The SMILES string of the molecule is CC1C(=O)N(C(=O)OC(C)(C)C)CCC1NC(=O)OCc1ccccc1. The van der Waals surface area contributed by atoms with Crippen LogP contribution < -0.4 is 5.32 Å². The van der Waals surface area contributed by atoms with E-state index in [-0.39, 0.29) is 25.1 Å². The zero-order valence-corrected chi connectivity index (χ0v) is 15.7. The van der Waals surface area contributed by atoms with E-state index in [1.165, 1.54) is 0 Å². The van der Waals surface area contributed by atoms with Gasteiger partial charge in [0.2, 0.25) is 5.91 Å². The van der Waals surface area contributed by atoms with Gasteiger partial charge in [-0.25, -0.2) is 14.5 Å². The summed E-state index contributed by atoms with van der Waals surface area (Å²) in [6.45, 7) is 7.27. The fourth-order valence-electron chi connectivity index (χ4n) is 2.66. The lowest BCUT2D eigenvalue weighted by atomic mass is 9.93. The summed E-state index contributed by atoms with van der Waals surface area (Å²) in [5.74, 6) is -0.903. The summed E-state index contributed by atoms with van der Waals surface area (Å²) in [5, 5.41) is 2.72. The predicted octanol–water partition coefficient (Wildman–Crippen LogP) is 3.08. The smallest absolute Gasteiger partial charge is 0.417 e. The number of imide groups is 1. The Balaban J connectivity index is 1.86. The molecule has 1 heterocycles. The molecule has 1 aliphatic heterocycles. The first-order valence-corrected chi connectivity index (χ1v) is 8.69. The molecule has 1 aromatic carbocycles. The van der Waals surface area contributed by atoms with Crippen LogP contribution in [0.1, 0.15) is 39.7 Å². The summed E-state index contributed by atoms with van der Waals surface area (Å²) in [6.07, 6.45) is -0.782. The maximum Gasteiger partial charge on any atom is 0.417 e. The highest BCUT2D eigenvalue weighted by atomic mass is 16.6. The third-order valence-corrected chi connectivity index (χ3v) is 4.05. The highest BCUT2D eigenvalue weighted by Crippen LogP contribution is 2.21. The number of ether oxygens (including phenoxy) is 2. The Hall–Kier alpha value is -2.57. The van der Waals surface area contributed by atoms with Crippen molar-refractivity contribution in [2.45, 2.75) is 52.4 Å². The number of likely N-dealkylation sites (tertiary alicyclic amines) is 1. The maximum absolute atomic E-state index is 12.5. The molecule has 1 aromatic rings. The number of piperidine rings is 1. The molecule has 1 aliphatic rings. The van der Waals surface area contributed by atoms with E-state index in [2.05, 4.69) is 5.32 Å². The van der Waals surface area contributed by atoms with E-state index in [0.717, 1.165) is 10.5 Å². The molecule has 142 valence electrons. The molecule has 3 amide bonds. The highest BCUT2D eigenvalue weighted by Gasteiger charge is 2.39. The molecule has 7 heteroatoms. The van der Waals surface area contributed by atoms with Gasteiger partial charge in [-0.05, 0) is 32.8 Å². The normalized spacial score (nSPS) is 20.5. The highest BCUT2D eigenvalue weighted by molar-refractivity contribution is 5.94. The zero-order chi connectivity index (χ0) is 19.3.